The molecule has 80 valence electrons. The van der Waals surface area contributed by atoms with Crippen LogP contribution < -0.4 is 0 Å². The average Bonchev–Trinajstić information content (AvgIpc) is 2.12. The molecule has 0 heterocycles. The van der Waals surface area contributed by atoms with Crippen LogP contribution in [0.5, 0.6) is 0 Å². The summed E-state index contributed by atoms with van der Waals surface area (Å²) in [5.74, 6) is -0.512. The maximum atomic E-state index is 11.2. The molecule has 0 saturated carbocycles. The summed E-state index contributed by atoms with van der Waals surface area (Å²) < 4.78 is 4.59. The Morgan fingerprint density at radius 2 is 1.79 bits per heavy atom. The predicted molar refractivity (Wildman–Crippen MR) is 53.6 cm³/mol. The number of carbonyl (C=O) groups is 2. The number of methoxy groups -OCH3 is 1. The van der Waals surface area contributed by atoms with E-state index in [1.807, 2.05) is 0 Å². The maximum Gasteiger partial charge on any atom is 0.315 e. The number of esters is 1. The zero-order chi connectivity index (χ0) is 11.4. The Labute approximate surface area is 84.5 Å². The van der Waals surface area contributed by atoms with Gasteiger partial charge in [0, 0.05) is 20.2 Å². The minimum Gasteiger partial charge on any atom is -0.468 e. The van der Waals surface area contributed by atoms with Crippen molar-refractivity contribution >= 4 is 11.9 Å². The smallest absolute Gasteiger partial charge is 0.315 e. The number of carbonyl (C=O) groups excluding carboxylic acids is 2. The zero-order valence-corrected chi connectivity index (χ0v) is 9.33. The van der Waals surface area contributed by atoms with Crippen molar-refractivity contribution in [2.75, 3.05) is 21.2 Å². The Bertz CT molecular complexity index is 254. The molecule has 0 aliphatic rings. The monoisotopic (exact) mass is 199 g/mol. The van der Waals surface area contributed by atoms with Crippen LogP contribution in [-0.2, 0) is 14.3 Å². The molecule has 0 rings (SSSR count). The topological polar surface area (TPSA) is 46.6 Å². The van der Waals surface area contributed by atoms with Gasteiger partial charge < -0.3 is 9.64 Å². The van der Waals surface area contributed by atoms with E-state index in [0.29, 0.717) is 0 Å². The van der Waals surface area contributed by atoms with Crippen LogP contribution in [0.15, 0.2) is 12.2 Å². The Kier molecular flexibility index (Phi) is 4.34. The van der Waals surface area contributed by atoms with Gasteiger partial charge in [0.1, 0.15) is 0 Å². The summed E-state index contributed by atoms with van der Waals surface area (Å²) in [5.41, 5.74) is -0.763. The van der Waals surface area contributed by atoms with E-state index in [-0.39, 0.29) is 11.9 Å². The fourth-order valence-corrected chi connectivity index (χ4v) is 0.760. The Balaban J connectivity index is 4.50. The van der Waals surface area contributed by atoms with E-state index >= 15 is 0 Å². The summed E-state index contributed by atoms with van der Waals surface area (Å²) >= 11 is 0. The van der Waals surface area contributed by atoms with Crippen LogP contribution >= 0.6 is 0 Å². The van der Waals surface area contributed by atoms with Crippen molar-refractivity contribution in [3.63, 3.8) is 0 Å². The summed E-state index contributed by atoms with van der Waals surface area (Å²) in [6, 6.07) is 0. The van der Waals surface area contributed by atoms with Gasteiger partial charge in [0.2, 0.25) is 5.91 Å². The molecule has 1 amide bonds. The third kappa shape index (κ3) is 3.60. The summed E-state index contributed by atoms with van der Waals surface area (Å²) in [7, 11) is 4.63. The molecule has 0 unspecified atom stereocenters. The molecule has 0 aromatic carbocycles. The van der Waals surface area contributed by atoms with Gasteiger partial charge in [-0.05, 0) is 13.8 Å². The first-order chi connectivity index (χ1) is 6.31. The van der Waals surface area contributed by atoms with Crippen LogP contribution in [0.2, 0.25) is 0 Å². The van der Waals surface area contributed by atoms with Crippen LogP contribution in [0.1, 0.15) is 13.8 Å². The van der Waals surface area contributed by atoms with Gasteiger partial charge in [-0.25, -0.2) is 0 Å². The first-order valence-corrected chi connectivity index (χ1v) is 4.30. The first kappa shape index (κ1) is 12.7. The molecule has 0 aromatic rings. The van der Waals surface area contributed by atoms with Gasteiger partial charge in [-0.2, -0.15) is 0 Å². The number of rotatable bonds is 3. The molecule has 0 aliphatic carbocycles. The zero-order valence-electron chi connectivity index (χ0n) is 9.33. The van der Waals surface area contributed by atoms with E-state index in [4.69, 9.17) is 0 Å². The van der Waals surface area contributed by atoms with Gasteiger partial charge in [-0.1, -0.05) is 6.08 Å². The van der Waals surface area contributed by atoms with Crippen LogP contribution in [0.25, 0.3) is 0 Å². The van der Waals surface area contributed by atoms with Gasteiger partial charge in [0.25, 0.3) is 0 Å². The quantitative estimate of drug-likeness (QED) is 0.499. The molecule has 0 bridgehead atoms. The van der Waals surface area contributed by atoms with Crippen molar-refractivity contribution in [2.45, 2.75) is 13.8 Å². The summed E-state index contributed by atoms with van der Waals surface area (Å²) in [5, 5.41) is 0. The lowest BCUT2D eigenvalue weighted by molar-refractivity contribution is -0.148. The van der Waals surface area contributed by atoms with Gasteiger partial charge >= 0.3 is 5.97 Å². The third-order valence-electron chi connectivity index (χ3n) is 1.79. The lowest BCUT2D eigenvalue weighted by atomic mass is 9.93. The fraction of sp³-hybridized carbons (Fsp3) is 0.600. The third-order valence-corrected chi connectivity index (χ3v) is 1.79. The van der Waals surface area contributed by atoms with Crippen molar-refractivity contribution in [3.05, 3.63) is 12.2 Å². The van der Waals surface area contributed by atoms with Crippen molar-refractivity contribution in [1.82, 2.24) is 4.90 Å². The average molecular weight is 199 g/mol. The van der Waals surface area contributed by atoms with Gasteiger partial charge in [0.15, 0.2) is 0 Å². The maximum absolute atomic E-state index is 11.2. The van der Waals surface area contributed by atoms with Gasteiger partial charge in [0.05, 0.1) is 12.5 Å². The lowest BCUT2D eigenvalue weighted by Gasteiger charge is -2.16. The van der Waals surface area contributed by atoms with Crippen molar-refractivity contribution in [3.8, 4) is 0 Å². The highest BCUT2D eigenvalue weighted by Crippen LogP contribution is 2.18. The SMILES string of the molecule is COC(=O)C(C)(C)/C=C/C(=O)N(C)C. The molecule has 0 fully saturated rings. The molecule has 0 atom stereocenters. The van der Waals surface area contributed by atoms with E-state index in [9.17, 15) is 9.59 Å². The highest BCUT2D eigenvalue weighted by atomic mass is 16.5. The molecule has 0 spiro atoms. The molecule has 4 nitrogen and oxygen atoms in total. The van der Waals surface area contributed by atoms with Crippen LogP contribution in [0.4, 0.5) is 0 Å². The molecule has 0 radical (unpaired) electrons. The Hall–Kier alpha value is -1.32. The second kappa shape index (κ2) is 4.79. The molecule has 0 aromatic heterocycles. The van der Waals surface area contributed by atoms with Crippen LogP contribution in [-0.4, -0.2) is 38.0 Å². The van der Waals surface area contributed by atoms with Crippen molar-refractivity contribution in [1.29, 1.82) is 0 Å². The number of ether oxygens (including phenoxy) is 1. The molecule has 0 aliphatic heterocycles. The largest absolute Gasteiger partial charge is 0.468 e. The summed E-state index contributed by atoms with van der Waals surface area (Å²) in [6.45, 7) is 3.39. The number of likely N-dealkylation sites (N-methyl/N-ethyl adjacent to an activating group) is 1. The summed E-state index contributed by atoms with van der Waals surface area (Å²) in [6.07, 6.45) is 2.91. The molecule has 0 saturated heterocycles. The minimum atomic E-state index is -0.763. The lowest BCUT2D eigenvalue weighted by Crippen LogP contribution is -2.25. The van der Waals surface area contributed by atoms with Gasteiger partial charge in [-0.15, -0.1) is 0 Å². The standard InChI is InChI=1S/C10H17NO3/c1-10(2,9(13)14-5)7-6-8(12)11(3)4/h6-7H,1-5H3/b7-6+. The predicted octanol–water partition coefficient (Wildman–Crippen LogP) is 0.830. The van der Waals surface area contributed by atoms with E-state index in [1.54, 1.807) is 34.0 Å². The number of hydrogen-bond acceptors (Lipinski definition) is 3. The molecule has 14 heavy (non-hydrogen) atoms. The normalized spacial score (nSPS) is 11.5. The second-order valence-electron chi connectivity index (χ2n) is 3.78. The molecular weight excluding hydrogens is 182 g/mol. The number of nitrogens with zero attached hydrogens (tertiary/aromatic N) is 1. The van der Waals surface area contributed by atoms with E-state index < -0.39 is 5.41 Å². The first-order valence-electron chi connectivity index (χ1n) is 4.30. The highest BCUT2D eigenvalue weighted by molar-refractivity contribution is 5.88. The fourth-order valence-electron chi connectivity index (χ4n) is 0.760. The van der Waals surface area contributed by atoms with Crippen LogP contribution in [0.3, 0.4) is 0 Å². The van der Waals surface area contributed by atoms with Crippen molar-refractivity contribution in [2.24, 2.45) is 5.41 Å². The Morgan fingerprint density at radius 3 is 2.14 bits per heavy atom. The van der Waals surface area contributed by atoms with Crippen molar-refractivity contribution < 1.29 is 14.3 Å². The highest BCUT2D eigenvalue weighted by Gasteiger charge is 2.25. The van der Waals surface area contributed by atoms with E-state index in [0.717, 1.165) is 0 Å². The molecule has 4 heteroatoms. The van der Waals surface area contributed by atoms with Gasteiger partial charge in [-0.3, -0.25) is 9.59 Å². The number of amides is 1. The second-order valence-corrected chi connectivity index (χ2v) is 3.78. The van der Waals surface area contributed by atoms with Crippen LogP contribution in [0, 0.1) is 5.41 Å². The minimum absolute atomic E-state index is 0.151. The van der Waals surface area contributed by atoms with E-state index in [2.05, 4.69) is 4.74 Å². The summed E-state index contributed by atoms with van der Waals surface area (Å²) in [4.78, 5) is 23.8. The molecule has 0 N–H and O–H groups in total. The van der Waals surface area contributed by atoms with E-state index in [1.165, 1.54) is 18.1 Å². The Morgan fingerprint density at radius 1 is 1.29 bits per heavy atom. The number of hydrogen-bond donors (Lipinski definition) is 0. The molecular formula is C10H17NO3.